The van der Waals surface area contributed by atoms with Crippen molar-refractivity contribution in [1.82, 2.24) is 9.88 Å². The number of aliphatic imine (C=N–C) groups is 1. The van der Waals surface area contributed by atoms with Crippen LogP contribution in [0.5, 0.6) is 0 Å². The Morgan fingerprint density at radius 3 is 2.76 bits per heavy atom. The van der Waals surface area contributed by atoms with Crippen LogP contribution in [0, 0.1) is 13.8 Å². The van der Waals surface area contributed by atoms with E-state index in [0.717, 1.165) is 28.7 Å². The average molecular weight is 305 g/mol. The lowest BCUT2D eigenvalue weighted by atomic mass is 9.95. The lowest BCUT2D eigenvalue weighted by Gasteiger charge is -2.26. The molecule has 21 heavy (non-hydrogen) atoms. The van der Waals surface area contributed by atoms with Crippen LogP contribution in [0.4, 0.5) is 0 Å². The predicted octanol–water partition coefficient (Wildman–Crippen LogP) is 3.44. The fourth-order valence-electron chi connectivity index (χ4n) is 3.48. The topological polar surface area (TPSA) is 46.4 Å². The van der Waals surface area contributed by atoms with Crippen LogP contribution in [0.3, 0.4) is 0 Å². The Kier molecular flexibility index (Phi) is 4.38. The number of carbonyl (C=O) groups excluding carboxylic acids is 1. The standard InChI is InChI=1S/C16H23N3OS/c1-11-10-14(15(20)18-16-17-8-9-21-16)12(2)19(11)13-6-4-3-5-7-13/h10,13H,3-9H2,1-2H3,(H,17,18,20). The van der Waals surface area contributed by atoms with Crippen molar-refractivity contribution in [2.45, 2.75) is 52.0 Å². The van der Waals surface area contributed by atoms with Crippen LogP contribution in [0.2, 0.25) is 0 Å². The molecule has 1 saturated carbocycles. The third kappa shape index (κ3) is 3.03. The van der Waals surface area contributed by atoms with E-state index < -0.39 is 0 Å². The molecular formula is C16H23N3OS. The van der Waals surface area contributed by atoms with Gasteiger partial charge >= 0.3 is 0 Å². The number of amides is 1. The van der Waals surface area contributed by atoms with Crippen molar-refractivity contribution in [3.63, 3.8) is 0 Å². The van der Waals surface area contributed by atoms with E-state index >= 15 is 0 Å². The second-order valence-electron chi connectivity index (χ2n) is 5.94. The molecule has 1 aromatic rings. The fourth-order valence-corrected chi connectivity index (χ4v) is 4.21. The highest BCUT2D eigenvalue weighted by Gasteiger charge is 2.23. The molecule has 0 aromatic carbocycles. The molecule has 2 aliphatic rings. The first-order valence-corrected chi connectivity index (χ1v) is 8.82. The summed E-state index contributed by atoms with van der Waals surface area (Å²) in [5.41, 5.74) is 3.10. The Labute approximate surface area is 130 Å². The summed E-state index contributed by atoms with van der Waals surface area (Å²) in [4.78, 5) is 16.7. The number of hydrogen-bond donors (Lipinski definition) is 1. The van der Waals surface area contributed by atoms with Gasteiger partial charge in [0, 0.05) is 23.2 Å². The van der Waals surface area contributed by atoms with Crippen LogP contribution in [-0.2, 0) is 0 Å². The molecule has 5 heteroatoms. The zero-order valence-corrected chi connectivity index (χ0v) is 13.6. The molecular weight excluding hydrogens is 282 g/mol. The first-order chi connectivity index (χ1) is 10.2. The third-order valence-electron chi connectivity index (χ3n) is 4.47. The maximum absolute atomic E-state index is 12.5. The van der Waals surface area contributed by atoms with Crippen LogP contribution in [0.25, 0.3) is 0 Å². The van der Waals surface area contributed by atoms with Gasteiger partial charge in [-0.1, -0.05) is 31.0 Å². The lowest BCUT2D eigenvalue weighted by Crippen LogP contribution is -2.28. The zero-order chi connectivity index (χ0) is 14.8. The maximum atomic E-state index is 12.5. The van der Waals surface area contributed by atoms with Gasteiger partial charge in [-0.15, -0.1) is 0 Å². The summed E-state index contributed by atoms with van der Waals surface area (Å²) < 4.78 is 2.37. The second-order valence-corrected chi connectivity index (χ2v) is 7.02. The molecule has 0 bridgehead atoms. The molecule has 1 fully saturated rings. The van der Waals surface area contributed by atoms with E-state index in [-0.39, 0.29) is 5.91 Å². The number of aryl methyl sites for hydroxylation is 1. The number of hydrogen-bond acceptors (Lipinski definition) is 3. The highest BCUT2D eigenvalue weighted by molar-refractivity contribution is 8.14. The van der Waals surface area contributed by atoms with Crippen LogP contribution in [-0.4, -0.2) is 27.9 Å². The summed E-state index contributed by atoms with van der Waals surface area (Å²) in [5, 5.41) is 3.71. The van der Waals surface area contributed by atoms with Gasteiger partial charge in [0.25, 0.3) is 5.91 Å². The number of nitrogens with one attached hydrogen (secondary N) is 1. The summed E-state index contributed by atoms with van der Waals surface area (Å²) in [7, 11) is 0. The Hall–Kier alpha value is -1.23. The van der Waals surface area contributed by atoms with E-state index in [0.29, 0.717) is 6.04 Å². The van der Waals surface area contributed by atoms with E-state index in [1.165, 1.54) is 37.8 Å². The summed E-state index contributed by atoms with van der Waals surface area (Å²) in [6.07, 6.45) is 6.42. The van der Waals surface area contributed by atoms with E-state index in [1.807, 2.05) is 6.07 Å². The fraction of sp³-hybridized carbons (Fsp3) is 0.625. The van der Waals surface area contributed by atoms with Gasteiger partial charge in [0.15, 0.2) is 5.17 Å². The van der Waals surface area contributed by atoms with Crippen molar-refractivity contribution in [3.8, 4) is 0 Å². The summed E-state index contributed by atoms with van der Waals surface area (Å²) in [5.74, 6) is 0.954. The van der Waals surface area contributed by atoms with E-state index in [1.54, 1.807) is 11.8 Å². The quantitative estimate of drug-likeness (QED) is 0.909. The van der Waals surface area contributed by atoms with Gasteiger partial charge in [0.2, 0.25) is 0 Å². The number of rotatable bonds is 2. The van der Waals surface area contributed by atoms with Gasteiger partial charge < -0.3 is 9.88 Å². The minimum Gasteiger partial charge on any atom is -0.345 e. The van der Waals surface area contributed by atoms with Gasteiger partial charge in [-0.25, -0.2) is 0 Å². The predicted molar refractivity (Wildman–Crippen MR) is 88.3 cm³/mol. The van der Waals surface area contributed by atoms with Crippen LogP contribution >= 0.6 is 11.8 Å². The SMILES string of the molecule is Cc1cc(C(=O)NC2=NCCS2)c(C)n1C1CCCCC1. The molecule has 1 amide bonds. The maximum Gasteiger partial charge on any atom is 0.259 e. The van der Waals surface area contributed by atoms with Gasteiger partial charge in [-0.2, -0.15) is 0 Å². The van der Waals surface area contributed by atoms with Crippen molar-refractivity contribution in [1.29, 1.82) is 0 Å². The largest absolute Gasteiger partial charge is 0.345 e. The molecule has 0 saturated heterocycles. The molecule has 114 valence electrons. The smallest absolute Gasteiger partial charge is 0.259 e. The molecule has 0 radical (unpaired) electrons. The molecule has 1 aliphatic carbocycles. The summed E-state index contributed by atoms with van der Waals surface area (Å²) >= 11 is 1.62. The van der Waals surface area contributed by atoms with E-state index in [2.05, 4.69) is 28.7 Å². The van der Waals surface area contributed by atoms with Crippen molar-refractivity contribution in [2.24, 2.45) is 4.99 Å². The molecule has 3 rings (SSSR count). The average Bonchev–Trinajstić information content (AvgIpc) is 3.08. The van der Waals surface area contributed by atoms with E-state index in [9.17, 15) is 4.79 Å². The molecule has 0 unspecified atom stereocenters. The monoisotopic (exact) mass is 305 g/mol. The van der Waals surface area contributed by atoms with E-state index in [4.69, 9.17) is 0 Å². The molecule has 1 N–H and O–H groups in total. The lowest BCUT2D eigenvalue weighted by molar-refractivity contribution is 0.0977. The van der Waals surface area contributed by atoms with Crippen molar-refractivity contribution in [2.75, 3.05) is 12.3 Å². The summed E-state index contributed by atoms with van der Waals surface area (Å²) in [6.45, 7) is 4.99. The van der Waals surface area contributed by atoms with Crippen molar-refractivity contribution in [3.05, 3.63) is 23.0 Å². The Morgan fingerprint density at radius 1 is 1.33 bits per heavy atom. The third-order valence-corrected chi connectivity index (χ3v) is 5.37. The molecule has 1 aromatic heterocycles. The molecule has 0 spiro atoms. The molecule has 1 aliphatic heterocycles. The number of aromatic nitrogens is 1. The highest BCUT2D eigenvalue weighted by Crippen LogP contribution is 2.32. The van der Waals surface area contributed by atoms with Crippen LogP contribution < -0.4 is 5.32 Å². The minimum atomic E-state index is -0.0155. The molecule has 4 nitrogen and oxygen atoms in total. The van der Waals surface area contributed by atoms with Gasteiger partial charge in [0.05, 0.1) is 12.1 Å². The van der Waals surface area contributed by atoms with Crippen LogP contribution in [0.1, 0.15) is 59.9 Å². The van der Waals surface area contributed by atoms with Gasteiger partial charge in [0.1, 0.15) is 0 Å². The number of nitrogens with zero attached hydrogens (tertiary/aromatic N) is 2. The van der Waals surface area contributed by atoms with Crippen LogP contribution in [0.15, 0.2) is 11.1 Å². The van der Waals surface area contributed by atoms with Crippen molar-refractivity contribution < 1.29 is 4.79 Å². The molecule has 2 heterocycles. The minimum absolute atomic E-state index is 0.0155. The normalized spacial score (nSPS) is 19.6. The Bertz CT molecular complexity index is 570. The number of thioether (sulfide) groups is 1. The zero-order valence-electron chi connectivity index (χ0n) is 12.8. The van der Waals surface area contributed by atoms with Crippen molar-refractivity contribution >= 4 is 22.8 Å². The first kappa shape index (κ1) is 14.7. The van der Waals surface area contributed by atoms with Gasteiger partial charge in [-0.3, -0.25) is 9.79 Å². The second kappa shape index (κ2) is 6.26. The number of carbonyl (C=O) groups is 1. The highest BCUT2D eigenvalue weighted by atomic mass is 32.2. The summed E-state index contributed by atoms with van der Waals surface area (Å²) in [6, 6.07) is 2.60. The Balaban J connectivity index is 1.81. The van der Waals surface area contributed by atoms with Gasteiger partial charge in [-0.05, 0) is 32.8 Å². The number of amidine groups is 1. The first-order valence-electron chi connectivity index (χ1n) is 7.84. The molecule has 0 atom stereocenters. The Morgan fingerprint density at radius 2 is 2.10 bits per heavy atom.